The summed E-state index contributed by atoms with van der Waals surface area (Å²) in [7, 11) is 0. The van der Waals surface area contributed by atoms with Gasteiger partial charge < -0.3 is 0 Å². The Labute approximate surface area is 109 Å². The smallest absolute Gasteiger partial charge is 0.273 e. The first-order chi connectivity index (χ1) is 9.20. The molecule has 5 nitrogen and oxygen atoms in total. The number of fused-ring (bicyclic) bond motifs is 1. The summed E-state index contributed by atoms with van der Waals surface area (Å²) in [6.07, 6.45) is 4.23. The van der Waals surface area contributed by atoms with Gasteiger partial charge in [-0.3, -0.25) is 14.9 Å². The third-order valence-corrected chi connectivity index (χ3v) is 3.25. The van der Waals surface area contributed by atoms with Crippen LogP contribution in [0.1, 0.15) is 18.2 Å². The quantitative estimate of drug-likeness (QED) is 0.760. The number of nitrogens with zero attached hydrogens (tertiary/aromatic N) is 3. The summed E-state index contributed by atoms with van der Waals surface area (Å²) in [6.45, 7) is 4.01. The summed E-state index contributed by atoms with van der Waals surface area (Å²) >= 11 is 0. The van der Waals surface area contributed by atoms with E-state index in [4.69, 9.17) is 0 Å². The molecule has 0 radical (unpaired) electrons. The Morgan fingerprint density at radius 1 is 1.32 bits per heavy atom. The highest BCUT2D eigenvalue weighted by molar-refractivity contribution is 5.62. The van der Waals surface area contributed by atoms with Gasteiger partial charge in [0.2, 0.25) is 0 Å². The minimum atomic E-state index is -0.0976. The fourth-order valence-electron chi connectivity index (χ4n) is 2.29. The van der Waals surface area contributed by atoms with Gasteiger partial charge in [0.05, 0.1) is 5.69 Å². The van der Waals surface area contributed by atoms with Gasteiger partial charge in [-0.2, -0.15) is 0 Å². The van der Waals surface area contributed by atoms with Gasteiger partial charge in [0.1, 0.15) is 0 Å². The van der Waals surface area contributed by atoms with Crippen molar-refractivity contribution in [1.82, 2.24) is 19.6 Å². The number of rotatable bonds is 2. The van der Waals surface area contributed by atoms with E-state index in [2.05, 4.69) is 22.0 Å². The molecule has 0 saturated carbocycles. The Kier molecular flexibility index (Phi) is 2.67. The summed E-state index contributed by atoms with van der Waals surface area (Å²) in [6, 6.07) is 5.24. The third kappa shape index (κ3) is 1.83. The Hall–Kier alpha value is -2.43. The van der Waals surface area contributed by atoms with Crippen LogP contribution in [0.15, 0.2) is 35.4 Å². The fraction of sp³-hybridized carbons (Fsp3) is 0.214. The molecule has 0 atom stereocenters. The van der Waals surface area contributed by atoms with Gasteiger partial charge in [-0.05, 0) is 25.5 Å². The van der Waals surface area contributed by atoms with Crippen molar-refractivity contribution < 1.29 is 0 Å². The Bertz CT molecular complexity index is 786. The van der Waals surface area contributed by atoms with Crippen LogP contribution in [0, 0.1) is 6.92 Å². The molecule has 0 bridgehead atoms. The monoisotopic (exact) mass is 254 g/mol. The van der Waals surface area contributed by atoms with Gasteiger partial charge in [0.15, 0.2) is 5.65 Å². The number of aryl methyl sites for hydroxylation is 2. The lowest BCUT2D eigenvalue weighted by atomic mass is 10.1. The fourth-order valence-corrected chi connectivity index (χ4v) is 2.29. The Balaban J connectivity index is 2.32. The van der Waals surface area contributed by atoms with E-state index in [1.165, 1.54) is 10.6 Å². The molecule has 0 saturated heterocycles. The van der Waals surface area contributed by atoms with Gasteiger partial charge in [-0.1, -0.05) is 6.92 Å². The molecule has 1 N–H and O–H groups in total. The van der Waals surface area contributed by atoms with Crippen molar-refractivity contribution in [2.75, 3.05) is 0 Å². The first-order valence-corrected chi connectivity index (χ1v) is 6.22. The summed E-state index contributed by atoms with van der Waals surface area (Å²) in [5.74, 6) is 0. The van der Waals surface area contributed by atoms with E-state index < -0.39 is 0 Å². The lowest BCUT2D eigenvalue weighted by molar-refractivity contribution is 0.882. The van der Waals surface area contributed by atoms with Crippen LogP contribution < -0.4 is 5.56 Å². The SMILES string of the molecule is CCc1c(C)[nH]n2c(=O)cc(-c3ccncc3)nc12. The first-order valence-electron chi connectivity index (χ1n) is 6.22. The Morgan fingerprint density at radius 2 is 2.05 bits per heavy atom. The van der Waals surface area contributed by atoms with E-state index >= 15 is 0 Å². The van der Waals surface area contributed by atoms with Crippen LogP contribution in [0.25, 0.3) is 16.9 Å². The van der Waals surface area contributed by atoms with Crippen LogP contribution in [0.4, 0.5) is 0 Å². The van der Waals surface area contributed by atoms with Crippen LogP contribution in [0.5, 0.6) is 0 Å². The molecule has 5 heteroatoms. The van der Waals surface area contributed by atoms with E-state index in [1.807, 2.05) is 19.1 Å². The van der Waals surface area contributed by atoms with E-state index in [-0.39, 0.29) is 5.56 Å². The minimum absolute atomic E-state index is 0.0976. The molecular weight excluding hydrogens is 240 g/mol. The number of pyridine rings is 1. The van der Waals surface area contributed by atoms with Crippen molar-refractivity contribution in [3.63, 3.8) is 0 Å². The normalized spacial score (nSPS) is 11.1. The highest BCUT2D eigenvalue weighted by atomic mass is 16.1. The predicted molar refractivity (Wildman–Crippen MR) is 73.2 cm³/mol. The average Bonchev–Trinajstić information content (AvgIpc) is 2.76. The molecule has 3 heterocycles. The van der Waals surface area contributed by atoms with Gasteiger partial charge in [0.25, 0.3) is 5.56 Å². The van der Waals surface area contributed by atoms with E-state index in [1.54, 1.807) is 12.4 Å². The van der Waals surface area contributed by atoms with E-state index in [0.29, 0.717) is 11.3 Å². The molecule has 0 aliphatic carbocycles. The number of nitrogens with one attached hydrogen (secondary N) is 1. The topological polar surface area (TPSA) is 63.0 Å². The highest BCUT2D eigenvalue weighted by Gasteiger charge is 2.11. The van der Waals surface area contributed by atoms with Crippen molar-refractivity contribution >= 4 is 5.65 Å². The summed E-state index contributed by atoms with van der Waals surface area (Å²) < 4.78 is 1.50. The molecule has 0 aliphatic heterocycles. The molecule has 0 amide bonds. The summed E-state index contributed by atoms with van der Waals surface area (Å²) in [5.41, 5.74) is 4.25. The van der Waals surface area contributed by atoms with Crippen molar-refractivity contribution in [3.05, 3.63) is 52.2 Å². The third-order valence-electron chi connectivity index (χ3n) is 3.25. The molecule has 3 aromatic rings. The second-order valence-corrected chi connectivity index (χ2v) is 4.44. The van der Waals surface area contributed by atoms with Crippen LogP contribution in [-0.4, -0.2) is 19.6 Å². The van der Waals surface area contributed by atoms with Crippen molar-refractivity contribution in [2.45, 2.75) is 20.3 Å². The summed E-state index contributed by atoms with van der Waals surface area (Å²) in [5, 5.41) is 3.05. The number of hydrogen-bond donors (Lipinski definition) is 1. The second kappa shape index (κ2) is 4.35. The molecule has 0 spiro atoms. The Morgan fingerprint density at radius 3 is 2.74 bits per heavy atom. The zero-order valence-corrected chi connectivity index (χ0v) is 10.8. The molecule has 3 rings (SSSR count). The van der Waals surface area contributed by atoms with E-state index in [0.717, 1.165) is 23.2 Å². The van der Waals surface area contributed by atoms with Crippen molar-refractivity contribution in [3.8, 4) is 11.3 Å². The maximum absolute atomic E-state index is 12.1. The van der Waals surface area contributed by atoms with Gasteiger partial charge in [0, 0.05) is 35.3 Å². The highest BCUT2D eigenvalue weighted by Crippen LogP contribution is 2.18. The molecule has 0 unspecified atom stereocenters. The predicted octanol–water partition coefficient (Wildman–Crippen LogP) is 1.96. The summed E-state index contributed by atoms with van der Waals surface area (Å²) in [4.78, 5) is 20.7. The number of hydrogen-bond acceptors (Lipinski definition) is 3. The van der Waals surface area contributed by atoms with E-state index in [9.17, 15) is 4.79 Å². The van der Waals surface area contributed by atoms with Crippen LogP contribution >= 0.6 is 0 Å². The maximum atomic E-state index is 12.1. The van der Waals surface area contributed by atoms with Gasteiger partial charge in [-0.15, -0.1) is 0 Å². The minimum Gasteiger partial charge on any atom is -0.294 e. The molecule has 0 fully saturated rings. The number of aromatic amines is 1. The molecule has 3 aromatic heterocycles. The van der Waals surface area contributed by atoms with Crippen LogP contribution in [-0.2, 0) is 6.42 Å². The number of aromatic nitrogens is 4. The lowest BCUT2D eigenvalue weighted by Crippen LogP contribution is -2.14. The van der Waals surface area contributed by atoms with Crippen LogP contribution in [0.3, 0.4) is 0 Å². The molecule has 19 heavy (non-hydrogen) atoms. The van der Waals surface area contributed by atoms with Crippen LogP contribution in [0.2, 0.25) is 0 Å². The lowest BCUT2D eigenvalue weighted by Gasteiger charge is -2.01. The largest absolute Gasteiger partial charge is 0.294 e. The standard InChI is InChI=1S/C14H14N4O/c1-3-11-9(2)17-18-13(19)8-12(16-14(11)18)10-4-6-15-7-5-10/h4-8,17H,3H2,1-2H3. The molecule has 0 aliphatic rings. The van der Waals surface area contributed by atoms with Crippen molar-refractivity contribution in [2.24, 2.45) is 0 Å². The molecular formula is C14H14N4O. The number of H-pyrrole nitrogens is 1. The zero-order chi connectivity index (χ0) is 13.4. The van der Waals surface area contributed by atoms with Gasteiger partial charge in [-0.25, -0.2) is 9.50 Å². The first kappa shape index (κ1) is 11.6. The molecule has 0 aromatic carbocycles. The van der Waals surface area contributed by atoms with Crippen molar-refractivity contribution in [1.29, 1.82) is 0 Å². The average molecular weight is 254 g/mol. The van der Waals surface area contributed by atoms with Gasteiger partial charge >= 0.3 is 0 Å². The second-order valence-electron chi connectivity index (χ2n) is 4.44. The molecule has 96 valence electrons. The maximum Gasteiger partial charge on any atom is 0.273 e. The zero-order valence-electron chi connectivity index (χ0n) is 10.8.